The van der Waals surface area contributed by atoms with Crippen molar-refractivity contribution in [2.45, 2.75) is 0 Å². The summed E-state index contributed by atoms with van der Waals surface area (Å²) in [5.41, 5.74) is 0. The summed E-state index contributed by atoms with van der Waals surface area (Å²) < 4.78 is 4.79. The van der Waals surface area contributed by atoms with Gasteiger partial charge in [-0.05, 0) is 12.0 Å². The molecule has 6 heavy (non-hydrogen) atoms. The molecule has 1 aliphatic heterocycles. The lowest BCUT2D eigenvalue weighted by molar-refractivity contribution is 0.389. The van der Waals surface area contributed by atoms with Gasteiger partial charge in [0.2, 0.25) is 0 Å². The molecule has 0 aliphatic carbocycles. The van der Waals surface area contributed by atoms with E-state index in [1.807, 2.05) is 6.21 Å². The topological polar surface area (TPSA) is 21.6 Å². The van der Waals surface area contributed by atoms with E-state index >= 15 is 0 Å². The maximum Gasteiger partial charge on any atom is 0.151 e. The molecule has 0 aromatic carbocycles. The van der Waals surface area contributed by atoms with Crippen molar-refractivity contribution in [1.82, 2.24) is 0 Å². The second-order valence-electron chi connectivity index (χ2n) is 0.897. The van der Waals surface area contributed by atoms with Gasteiger partial charge < -0.3 is 0 Å². The van der Waals surface area contributed by atoms with Crippen molar-refractivity contribution >= 4 is 18.3 Å². The predicted octanol–water partition coefficient (Wildman–Crippen LogP) is 0.693. The van der Waals surface area contributed by atoms with Crippen molar-refractivity contribution in [1.29, 1.82) is 0 Å². The second-order valence-corrected chi connectivity index (χ2v) is 1.70. The highest BCUT2D eigenvalue weighted by Gasteiger charge is 1.87. The van der Waals surface area contributed by atoms with Gasteiger partial charge in [0.15, 0.2) is 6.73 Å². The lowest BCUT2D eigenvalue weighted by Gasteiger charge is -1.98. The Bertz CT molecular complexity index is 55.8. The molecular formula is C3H5NOS. The summed E-state index contributed by atoms with van der Waals surface area (Å²) in [6.45, 7) is 0.532. The molecule has 1 aliphatic rings. The average Bonchev–Trinajstić information content (AvgIpc) is 1.72. The Morgan fingerprint density at radius 3 is 3.00 bits per heavy atom. The standard InChI is InChI=1S/C3H5NOS/c1-2-6-5-3-4-1/h1H,2-3H2. The van der Waals surface area contributed by atoms with E-state index in [0.717, 1.165) is 5.75 Å². The molecule has 0 spiro atoms. The largest absolute Gasteiger partial charge is 0.292 e. The second kappa shape index (κ2) is 2.21. The van der Waals surface area contributed by atoms with E-state index in [0.29, 0.717) is 6.73 Å². The SMILES string of the molecule is C1=NCOSC1. The third-order valence-electron chi connectivity index (χ3n) is 0.482. The van der Waals surface area contributed by atoms with Crippen molar-refractivity contribution in [2.24, 2.45) is 4.99 Å². The van der Waals surface area contributed by atoms with Crippen LogP contribution in [0, 0.1) is 0 Å². The number of hydrogen-bond donors (Lipinski definition) is 0. The lowest BCUT2D eigenvalue weighted by Crippen LogP contribution is -1.92. The lowest BCUT2D eigenvalue weighted by atomic mass is 10.9. The summed E-state index contributed by atoms with van der Waals surface area (Å²) >= 11 is 1.45. The Morgan fingerprint density at radius 2 is 2.83 bits per heavy atom. The molecule has 0 radical (unpaired) electrons. The minimum Gasteiger partial charge on any atom is -0.292 e. The molecule has 2 nitrogen and oxygen atoms in total. The van der Waals surface area contributed by atoms with Gasteiger partial charge in [-0.2, -0.15) is 0 Å². The van der Waals surface area contributed by atoms with Crippen LogP contribution in [0.25, 0.3) is 0 Å². The molecule has 0 saturated carbocycles. The fourth-order valence-electron chi connectivity index (χ4n) is 0.252. The molecule has 0 aromatic heterocycles. The van der Waals surface area contributed by atoms with E-state index in [2.05, 4.69) is 4.99 Å². The molecule has 0 amide bonds. The van der Waals surface area contributed by atoms with Crippen LogP contribution in [-0.2, 0) is 4.18 Å². The van der Waals surface area contributed by atoms with Gasteiger partial charge in [0.1, 0.15) is 0 Å². The minimum absolute atomic E-state index is 0.532. The number of rotatable bonds is 0. The molecule has 34 valence electrons. The van der Waals surface area contributed by atoms with Gasteiger partial charge in [-0.1, -0.05) is 0 Å². The summed E-state index contributed by atoms with van der Waals surface area (Å²) in [5.74, 6) is 0.903. The molecule has 1 rings (SSSR count). The molecule has 0 N–H and O–H groups in total. The monoisotopic (exact) mass is 103 g/mol. The normalized spacial score (nSPS) is 21.3. The van der Waals surface area contributed by atoms with Crippen molar-refractivity contribution in [3.05, 3.63) is 0 Å². The first kappa shape index (κ1) is 4.15. The van der Waals surface area contributed by atoms with Crippen molar-refractivity contribution in [3.8, 4) is 0 Å². The van der Waals surface area contributed by atoms with Crippen LogP contribution < -0.4 is 0 Å². The molecule has 0 bridgehead atoms. The number of hydrogen-bond acceptors (Lipinski definition) is 3. The first-order valence-corrected chi connectivity index (χ1v) is 2.64. The number of aliphatic imine (C=N–C) groups is 1. The van der Waals surface area contributed by atoms with E-state index < -0.39 is 0 Å². The summed E-state index contributed by atoms with van der Waals surface area (Å²) in [5, 5.41) is 0. The highest BCUT2D eigenvalue weighted by Crippen LogP contribution is 2.02. The molecule has 0 saturated heterocycles. The Hall–Kier alpha value is -0.0200. The third-order valence-corrected chi connectivity index (χ3v) is 1.04. The molecule has 0 fully saturated rings. The van der Waals surface area contributed by atoms with Crippen molar-refractivity contribution < 1.29 is 4.18 Å². The van der Waals surface area contributed by atoms with Gasteiger partial charge in [0.25, 0.3) is 0 Å². The Morgan fingerprint density at radius 1 is 1.83 bits per heavy atom. The molecule has 0 unspecified atom stereocenters. The fourth-order valence-corrected chi connectivity index (χ4v) is 0.650. The average molecular weight is 103 g/mol. The maximum absolute atomic E-state index is 4.79. The summed E-state index contributed by atoms with van der Waals surface area (Å²) in [7, 11) is 0. The first-order chi connectivity index (χ1) is 3.00. The van der Waals surface area contributed by atoms with Gasteiger partial charge in [-0.25, -0.2) is 0 Å². The van der Waals surface area contributed by atoms with Crippen LogP contribution in [0.15, 0.2) is 4.99 Å². The Balaban J connectivity index is 2.26. The predicted molar refractivity (Wildman–Crippen MR) is 26.9 cm³/mol. The van der Waals surface area contributed by atoms with Crippen LogP contribution in [-0.4, -0.2) is 18.7 Å². The summed E-state index contributed by atoms with van der Waals surface area (Å²) in [6, 6.07) is 0. The van der Waals surface area contributed by atoms with E-state index in [1.165, 1.54) is 12.0 Å². The van der Waals surface area contributed by atoms with Crippen LogP contribution in [0.5, 0.6) is 0 Å². The zero-order chi connectivity index (χ0) is 4.24. The van der Waals surface area contributed by atoms with Gasteiger partial charge in [-0.15, -0.1) is 0 Å². The highest BCUT2D eigenvalue weighted by molar-refractivity contribution is 7.95. The maximum atomic E-state index is 4.79. The van der Waals surface area contributed by atoms with Crippen LogP contribution in [0.3, 0.4) is 0 Å². The Kier molecular flexibility index (Phi) is 1.52. The third kappa shape index (κ3) is 0.988. The fraction of sp³-hybridized carbons (Fsp3) is 0.667. The molecule has 1 heterocycles. The molecule has 3 heteroatoms. The van der Waals surface area contributed by atoms with E-state index in [-0.39, 0.29) is 0 Å². The van der Waals surface area contributed by atoms with E-state index in [1.54, 1.807) is 0 Å². The van der Waals surface area contributed by atoms with Crippen molar-refractivity contribution in [2.75, 3.05) is 12.5 Å². The van der Waals surface area contributed by atoms with E-state index in [9.17, 15) is 0 Å². The first-order valence-electron chi connectivity index (χ1n) is 1.73. The van der Waals surface area contributed by atoms with Crippen LogP contribution in [0.2, 0.25) is 0 Å². The van der Waals surface area contributed by atoms with Crippen LogP contribution >= 0.6 is 12.0 Å². The Labute approximate surface area is 40.8 Å². The highest BCUT2D eigenvalue weighted by atomic mass is 32.2. The van der Waals surface area contributed by atoms with E-state index in [4.69, 9.17) is 4.18 Å². The zero-order valence-corrected chi connectivity index (χ0v) is 4.07. The van der Waals surface area contributed by atoms with Gasteiger partial charge in [0.05, 0.1) is 5.75 Å². The molecule has 0 aromatic rings. The van der Waals surface area contributed by atoms with Gasteiger partial charge in [-0.3, -0.25) is 9.18 Å². The quantitative estimate of drug-likeness (QED) is 0.421. The van der Waals surface area contributed by atoms with Gasteiger partial charge in [0, 0.05) is 6.21 Å². The van der Waals surface area contributed by atoms with Crippen LogP contribution in [0.4, 0.5) is 0 Å². The minimum atomic E-state index is 0.532. The van der Waals surface area contributed by atoms with Crippen molar-refractivity contribution in [3.63, 3.8) is 0 Å². The summed E-state index contributed by atoms with van der Waals surface area (Å²) in [4.78, 5) is 3.81. The summed E-state index contributed by atoms with van der Waals surface area (Å²) in [6.07, 6.45) is 1.86. The zero-order valence-electron chi connectivity index (χ0n) is 3.26. The van der Waals surface area contributed by atoms with Gasteiger partial charge >= 0.3 is 0 Å². The molecular weight excluding hydrogens is 98.1 g/mol. The smallest absolute Gasteiger partial charge is 0.151 e. The molecule has 0 atom stereocenters. The van der Waals surface area contributed by atoms with Crippen LogP contribution in [0.1, 0.15) is 0 Å². The number of nitrogens with zero attached hydrogens (tertiary/aromatic N) is 1.